The molecular formula is C24H21ClO5. The number of aliphatic carboxylic acids is 1. The van der Waals surface area contributed by atoms with E-state index in [0.717, 1.165) is 27.8 Å². The maximum absolute atomic E-state index is 11.6. The van der Waals surface area contributed by atoms with Gasteiger partial charge in [0.15, 0.2) is 11.5 Å². The molecule has 1 heterocycles. The molecule has 0 aliphatic carbocycles. The topological polar surface area (TPSA) is 65.0 Å². The van der Waals surface area contributed by atoms with Gasteiger partial charge in [0.2, 0.25) is 0 Å². The molecule has 0 unspecified atom stereocenters. The zero-order valence-corrected chi connectivity index (χ0v) is 17.3. The number of benzene rings is 3. The minimum atomic E-state index is -0.935. The number of methoxy groups -OCH3 is 2. The number of ether oxygens (including phenoxy) is 3. The summed E-state index contributed by atoms with van der Waals surface area (Å²) in [6, 6.07) is 18.9. The van der Waals surface area contributed by atoms with Crippen molar-refractivity contribution in [2.45, 2.75) is 18.6 Å². The maximum atomic E-state index is 11.6. The van der Waals surface area contributed by atoms with Crippen LogP contribution in [0.25, 0.3) is 11.1 Å². The molecule has 0 spiro atoms. The second-order valence-corrected chi connectivity index (χ2v) is 7.44. The molecule has 0 amide bonds. The van der Waals surface area contributed by atoms with Gasteiger partial charge in [0, 0.05) is 10.6 Å². The zero-order chi connectivity index (χ0) is 21.3. The Morgan fingerprint density at radius 1 is 0.967 bits per heavy atom. The van der Waals surface area contributed by atoms with E-state index in [1.54, 1.807) is 20.3 Å². The number of hydrogen-bond acceptors (Lipinski definition) is 4. The fraction of sp³-hybridized carbons (Fsp3) is 0.208. The predicted molar refractivity (Wildman–Crippen MR) is 114 cm³/mol. The molecule has 3 aromatic carbocycles. The van der Waals surface area contributed by atoms with Crippen molar-refractivity contribution in [3.63, 3.8) is 0 Å². The van der Waals surface area contributed by atoms with Crippen molar-refractivity contribution in [2.24, 2.45) is 0 Å². The second-order valence-electron chi connectivity index (χ2n) is 7.00. The van der Waals surface area contributed by atoms with Crippen molar-refractivity contribution in [2.75, 3.05) is 14.2 Å². The molecule has 30 heavy (non-hydrogen) atoms. The van der Waals surface area contributed by atoms with Gasteiger partial charge in [-0.1, -0.05) is 54.1 Å². The number of carboxylic acid groups (broad SMARTS) is 1. The van der Waals surface area contributed by atoms with E-state index < -0.39 is 18.2 Å². The average Bonchev–Trinajstić information content (AvgIpc) is 2.87. The smallest absolute Gasteiger partial charge is 0.306 e. The van der Waals surface area contributed by atoms with Gasteiger partial charge in [-0.3, -0.25) is 4.79 Å². The molecule has 0 bridgehead atoms. The second kappa shape index (κ2) is 8.38. The van der Waals surface area contributed by atoms with Crippen LogP contribution in [0.4, 0.5) is 0 Å². The Bertz CT molecular complexity index is 1090. The summed E-state index contributed by atoms with van der Waals surface area (Å²) in [4.78, 5) is 11.6. The SMILES string of the molecule is COc1cccc([C@H]2O[C@H](CC(=O)O)c3ccccc3-c3ccc(Cl)cc32)c1OC. The average molecular weight is 425 g/mol. The van der Waals surface area contributed by atoms with Crippen LogP contribution < -0.4 is 9.47 Å². The van der Waals surface area contributed by atoms with Crippen molar-refractivity contribution in [1.29, 1.82) is 0 Å². The first-order valence-corrected chi connectivity index (χ1v) is 9.88. The normalized spacial score (nSPS) is 17.4. The summed E-state index contributed by atoms with van der Waals surface area (Å²) in [5, 5.41) is 10.1. The number of fused-ring (bicyclic) bond motifs is 3. The lowest BCUT2D eigenvalue weighted by molar-refractivity contribution is -0.141. The van der Waals surface area contributed by atoms with Gasteiger partial charge >= 0.3 is 5.97 Å². The van der Waals surface area contributed by atoms with Gasteiger partial charge in [-0.25, -0.2) is 0 Å². The van der Waals surface area contributed by atoms with Crippen LogP contribution in [0.15, 0.2) is 60.7 Å². The quantitative estimate of drug-likeness (QED) is 0.572. The monoisotopic (exact) mass is 424 g/mol. The summed E-state index contributed by atoms with van der Waals surface area (Å²) in [5.41, 5.74) is 4.28. The van der Waals surface area contributed by atoms with Crippen molar-refractivity contribution < 1.29 is 24.1 Å². The highest BCUT2D eigenvalue weighted by atomic mass is 35.5. The standard InChI is InChI=1S/C24H21ClO5/c1-28-20-9-5-8-18(24(20)29-2)23-19-12-14(25)10-11-16(19)15-6-3-4-7-17(15)21(30-23)13-22(26)27/h3-12,21,23H,13H2,1-2H3,(H,26,27)/t21-,23-/m1/s1. The van der Waals surface area contributed by atoms with E-state index in [-0.39, 0.29) is 6.42 Å². The minimum absolute atomic E-state index is 0.165. The largest absolute Gasteiger partial charge is 0.493 e. The molecule has 1 aliphatic rings. The van der Waals surface area contributed by atoms with Crippen LogP contribution in [-0.2, 0) is 9.53 Å². The number of halogens is 1. The molecular weight excluding hydrogens is 404 g/mol. The Morgan fingerprint density at radius 2 is 1.70 bits per heavy atom. The first-order chi connectivity index (χ1) is 14.5. The van der Waals surface area contributed by atoms with E-state index in [9.17, 15) is 9.90 Å². The summed E-state index contributed by atoms with van der Waals surface area (Å²) in [5.74, 6) is 0.171. The van der Waals surface area contributed by atoms with E-state index >= 15 is 0 Å². The van der Waals surface area contributed by atoms with E-state index in [2.05, 4.69) is 0 Å². The molecule has 154 valence electrons. The molecule has 6 heteroatoms. The van der Waals surface area contributed by atoms with Gasteiger partial charge in [-0.05, 0) is 40.5 Å². The van der Waals surface area contributed by atoms with Crippen LogP contribution in [-0.4, -0.2) is 25.3 Å². The molecule has 5 nitrogen and oxygen atoms in total. The predicted octanol–water partition coefficient (Wildman–Crippen LogP) is 5.66. The Morgan fingerprint density at radius 3 is 2.43 bits per heavy atom. The molecule has 2 atom stereocenters. The Labute approximate surface area is 179 Å². The van der Waals surface area contributed by atoms with Gasteiger partial charge in [0.25, 0.3) is 0 Å². The van der Waals surface area contributed by atoms with Crippen LogP contribution in [0.2, 0.25) is 5.02 Å². The van der Waals surface area contributed by atoms with Gasteiger partial charge in [0.05, 0.1) is 26.7 Å². The van der Waals surface area contributed by atoms with Crippen molar-refractivity contribution >= 4 is 17.6 Å². The molecule has 1 aliphatic heterocycles. The van der Waals surface area contributed by atoms with Gasteiger partial charge < -0.3 is 19.3 Å². The summed E-state index contributed by atoms with van der Waals surface area (Å²) in [7, 11) is 3.14. The third kappa shape index (κ3) is 3.62. The number of rotatable bonds is 5. The maximum Gasteiger partial charge on any atom is 0.306 e. The third-order valence-electron chi connectivity index (χ3n) is 5.27. The molecule has 0 saturated heterocycles. The van der Waals surface area contributed by atoms with Gasteiger partial charge in [-0.15, -0.1) is 0 Å². The van der Waals surface area contributed by atoms with Gasteiger partial charge in [0.1, 0.15) is 6.10 Å². The van der Waals surface area contributed by atoms with Crippen molar-refractivity contribution in [3.8, 4) is 22.6 Å². The molecule has 4 rings (SSSR count). The summed E-state index contributed by atoms with van der Waals surface area (Å²) in [6.07, 6.45) is -1.41. The summed E-state index contributed by atoms with van der Waals surface area (Å²) < 4.78 is 17.6. The summed E-state index contributed by atoms with van der Waals surface area (Å²) in [6.45, 7) is 0. The van der Waals surface area contributed by atoms with Crippen molar-refractivity contribution in [1.82, 2.24) is 0 Å². The lowest BCUT2D eigenvalue weighted by Gasteiger charge is -2.25. The molecule has 0 fully saturated rings. The fourth-order valence-electron chi connectivity index (χ4n) is 4.01. The van der Waals surface area contributed by atoms with E-state index in [1.807, 2.05) is 54.6 Å². The highest BCUT2D eigenvalue weighted by Gasteiger charge is 2.33. The number of para-hydroxylation sites is 1. The molecule has 0 aromatic heterocycles. The van der Waals surface area contributed by atoms with Crippen LogP contribution in [0.3, 0.4) is 0 Å². The number of hydrogen-bond donors (Lipinski definition) is 1. The third-order valence-corrected chi connectivity index (χ3v) is 5.51. The van der Waals surface area contributed by atoms with E-state index in [4.69, 9.17) is 25.8 Å². The van der Waals surface area contributed by atoms with Crippen molar-refractivity contribution in [3.05, 3.63) is 82.4 Å². The first-order valence-electron chi connectivity index (χ1n) is 9.50. The van der Waals surface area contributed by atoms with Crippen LogP contribution >= 0.6 is 11.6 Å². The Balaban J connectivity index is 1.98. The zero-order valence-electron chi connectivity index (χ0n) is 16.6. The number of carbonyl (C=O) groups is 1. The molecule has 1 N–H and O–H groups in total. The van der Waals surface area contributed by atoms with Crippen LogP contribution in [0.5, 0.6) is 11.5 Å². The molecule has 0 radical (unpaired) electrons. The highest BCUT2D eigenvalue weighted by molar-refractivity contribution is 6.30. The van der Waals surface area contributed by atoms with E-state index in [1.165, 1.54) is 0 Å². The highest BCUT2D eigenvalue weighted by Crippen LogP contribution is 2.49. The minimum Gasteiger partial charge on any atom is -0.493 e. The van der Waals surface area contributed by atoms with Gasteiger partial charge in [-0.2, -0.15) is 0 Å². The van der Waals surface area contributed by atoms with E-state index in [0.29, 0.717) is 16.5 Å². The fourth-order valence-corrected chi connectivity index (χ4v) is 4.19. The Hall–Kier alpha value is -3.02. The summed E-state index contributed by atoms with van der Waals surface area (Å²) >= 11 is 6.36. The lowest BCUT2D eigenvalue weighted by atomic mass is 9.90. The lowest BCUT2D eigenvalue weighted by Crippen LogP contribution is -2.14. The molecule has 3 aromatic rings. The number of carboxylic acids is 1. The first kappa shape index (κ1) is 20.3. The van der Waals surface area contributed by atoms with Crippen LogP contribution in [0, 0.1) is 0 Å². The van der Waals surface area contributed by atoms with Crippen LogP contribution in [0.1, 0.15) is 35.3 Å². The Kier molecular flexibility index (Phi) is 5.66. The molecule has 0 saturated carbocycles.